The van der Waals surface area contributed by atoms with E-state index in [2.05, 4.69) is 9.97 Å². The molecule has 0 amide bonds. The van der Waals surface area contributed by atoms with Crippen LogP contribution in [0, 0.1) is 0 Å². The van der Waals surface area contributed by atoms with Crippen LogP contribution in [-0.4, -0.2) is 9.97 Å². The Kier molecular flexibility index (Phi) is 20.6. The van der Waals surface area contributed by atoms with E-state index in [1.807, 2.05) is 10.8 Å². The van der Waals surface area contributed by atoms with Crippen molar-refractivity contribution in [2.45, 2.75) is 0 Å². The number of thiazole rings is 2. The van der Waals surface area contributed by atoms with Gasteiger partial charge in [0.2, 0.25) is 0 Å². The van der Waals surface area contributed by atoms with Gasteiger partial charge in [-0.2, -0.15) is 0 Å². The first-order valence-corrected chi connectivity index (χ1v) is 4.53. The van der Waals surface area contributed by atoms with Crippen LogP contribution < -0.4 is 0 Å². The normalized spacial score (nSPS) is 6.15. The van der Waals surface area contributed by atoms with E-state index < -0.39 is 0 Å². The van der Waals surface area contributed by atoms with Crippen molar-refractivity contribution in [2.75, 3.05) is 0 Å². The van der Waals surface area contributed by atoms with Crippen molar-refractivity contribution in [3.8, 4) is 0 Å². The topological polar surface area (TPSA) is 92.8 Å². The maximum absolute atomic E-state index is 3.74. The molecule has 2 heterocycles. The zero-order chi connectivity index (χ0) is 7.07. The third-order valence-electron chi connectivity index (χ3n) is 0.694. The van der Waals surface area contributed by atoms with Crippen LogP contribution in [0.1, 0.15) is 0 Å². The molecule has 4 nitrogen and oxygen atoms in total. The van der Waals surface area contributed by atoms with Gasteiger partial charge in [0.1, 0.15) is 0 Å². The summed E-state index contributed by atoms with van der Waals surface area (Å²) in [5.74, 6) is 0. The van der Waals surface area contributed by atoms with Crippen molar-refractivity contribution in [1.29, 1.82) is 0 Å². The fraction of sp³-hybridized carbons (Fsp3) is 0. The van der Waals surface area contributed by atoms with Gasteiger partial charge < -0.3 is 12.3 Å². The molecule has 7 heteroatoms. The molecule has 0 atom stereocenters. The molecule has 74 valence electrons. The molecule has 2 rings (SSSR count). The van der Waals surface area contributed by atoms with Gasteiger partial charge in [-0.3, -0.25) is 9.97 Å². The summed E-state index contributed by atoms with van der Waals surface area (Å²) in [6, 6.07) is 0. The van der Waals surface area contributed by atoms with Crippen LogP contribution in [0.25, 0.3) is 12.3 Å². The molecule has 0 saturated heterocycles. The molecule has 2 aromatic rings. The first-order valence-electron chi connectivity index (χ1n) is 2.64. The van der Waals surface area contributed by atoms with E-state index in [1.54, 1.807) is 46.1 Å². The van der Waals surface area contributed by atoms with Crippen molar-refractivity contribution >= 4 is 22.7 Å². The van der Waals surface area contributed by atoms with E-state index in [-0.39, 0.29) is 33.4 Å². The summed E-state index contributed by atoms with van der Waals surface area (Å²) in [6.07, 6.45) is 3.54. The van der Waals surface area contributed by atoms with Gasteiger partial charge in [-0.25, -0.2) is 0 Å². The molecule has 0 aliphatic rings. The van der Waals surface area contributed by atoms with Crippen molar-refractivity contribution in [2.24, 2.45) is 0 Å². The van der Waals surface area contributed by atoms with E-state index in [9.17, 15) is 0 Å². The molecule has 0 unspecified atom stereocenters. The summed E-state index contributed by atoms with van der Waals surface area (Å²) in [5, 5.41) is 3.86. The van der Waals surface area contributed by atoms with Crippen molar-refractivity contribution in [1.82, 2.24) is 9.97 Å². The molecule has 0 aliphatic heterocycles. The Hall–Kier alpha value is -0.132. The second-order valence-electron chi connectivity index (χ2n) is 1.35. The zero-order valence-electron chi connectivity index (χ0n) is 6.65. The molecule has 0 aliphatic carbocycles. The van der Waals surface area contributed by atoms with Crippen molar-refractivity contribution in [3.05, 3.63) is 46.5 Å². The maximum Gasteiger partial charge on any atom is 4.00 e. The Balaban J connectivity index is -0.000000125. The summed E-state index contributed by atoms with van der Waals surface area (Å²) >= 11 is 3.20. The number of hydrogen-bond donors (Lipinski definition) is 0. The number of nitrogens with zero attached hydrogens (tertiary/aromatic N) is 2. The quantitative estimate of drug-likeness (QED) is 0.678. The van der Waals surface area contributed by atoms with Crippen LogP contribution in [0.15, 0.2) is 34.2 Å². The second-order valence-corrected chi connectivity index (χ2v) is 2.86. The molecule has 0 radical (unpaired) electrons. The molecule has 4 N–H and O–H groups in total. The molecule has 2 aromatic heterocycles. The summed E-state index contributed by atoms with van der Waals surface area (Å²) in [7, 11) is 0. The Morgan fingerprint density at radius 2 is 1.15 bits per heavy atom. The largest absolute Gasteiger partial charge is 4.00 e. The average molecular weight is 397 g/mol. The smallest absolute Gasteiger partial charge is 0.693 e. The summed E-state index contributed by atoms with van der Waals surface area (Å²) in [6.45, 7) is 0. The van der Waals surface area contributed by atoms with Gasteiger partial charge in [-0.05, 0) is 0 Å². The van der Waals surface area contributed by atoms with Gasteiger partial charge in [-0.15, -0.1) is 22.7 Å². The van der Waals surface area contributed by atoms with Crippen molar-refractivity contribution < 1.29 is 21.1 Å². The number of nitrogens with two attached hydrogens (primary N) is 2. The Labute approximate surface area is 99.9 Å². The first kappa shape index (κ1) is 18.6. The Morgan fingerprint density at radius 1 is 0.769 bits per heavy atom. The summed E-state index contributed by atoms with van der Waals surface area (Å²) < 4.78 is 0. The minimum Gasteiger partial charge on any atom is -0.693 e. The molecule has 0 fully saturated rings. The molecule has 0 bridgehead atoms. The van der Waals surface area contributed by atoms with E-state index in [0.29, 0.717) is 0 Å². The van der Waals surface area contributed by atoms with Gasteiger partial charge in [0.25, 0.3) is 0 Å². The van der Waals surface area contributed by atoms with Crippen LogP contribution in [0.3, 0.4) is 0 Å². The number of aromatic nitrogens is 2. The van der Waals surface area contributed by atoms with E-state index >= 15 is 0 Å². The number of rotatable bonds is 0. The van der Waals surface area contributed by atoms with E-state index in [0.717, 1.165) is 0 Å². The predicted octanol–water partition coefficient (Wildman–Crippen LogP) is 3.72. The maximum atomic E-state index is 3.74. The minimum absolute atomic E-state index is 0. The van der Waals surface area contributed by atoms with Gasteiger partial charge in [0.15, 0.2) is 0 Å². The summed E-state index contributed by atoms with van der Waals surface area (Å²) in [5.41, 5.74) is 3.58. The number of hydrogen-bond acceptors (Lipinski definition) is 4. The van der Waals surface area contributed by atoms with Gasteiger partial charge >= 0.3 is 21.1 Å². The van der Waals surface area contributed by atoms with Crippen LogP contribution in [0.5, 0.6) is 0 Å². The fourth-order valence-electron chi connectivity index (χ4n) is 0.351. The monoisotopic (exact) mass is 397 g/mol. The SMILES string of the molecule is [NH2-].[NH2-].[Pt+4].c1cscn1.c1cscn1. The first-order chi connectivity index (χ1) is 5.00. The van der Waals surface area contributed by atoms with Crippen LogP contribution >= 0.6 is 22.7 Å². The van der Waals surface area contributed by atoms with Crippen LogP contribution in [0.4, 0.5) is 0 Å². The van der Waals surface area contributed by atoms with E-state index in [4.69, 9.17) is 0 Å². The predicted molar refractivity (Wildman–Crippen MR) is 54.8 cm³/mol. The van der Waals surface area contributed by atoms with Gasteiger partial charge in [0, 0.05) is 23.2 Å². The van der Waals surface area contributed by atoms with Crippen molar-refractivity contribution in [3.63, 3.8) is 0 Å². The Bertz CT molecular complexity index is 162. The molecule has 0 aromatic carbocycles. The van der Waals surface area contributed by atoms with Gasteiger partial charge in [-0.1, -0.05) is 0 Å². The van der Waals surface area contributed by atoms with E-state index in [1.165, 1.54) is 0 Å². The average Bonchev–Trinajstić information content (AvgIpc) is 2.67. The molecular formula is C6H10N4PtS2+2. The Morgan fingerprint density at radius 3 is 1.23 bits per heavy atom. The van der Waals surface area contributed by atoms with Crippen LogP contribution in [0.2, 0.25) is 0 Å². The van der Waals surface area contributed by atoms with Crippen LogP contribution in [-0.2, 0) is 21.1 Å². The minimum atomic E-state index is 0. The molecular weight excluding hydrogens is 387 g/mol. The third-order valence-corrected chi connectivity index (χ3v) is 1.74. The molecule has 0 spiro atoms. The zero-order valence-corrected chi connectivity index (χ0v) is 10.6. The fourth-order valence-corrected chi connectivity index (χ4v) is 1.05. The molecule has 13 heavy (non-hydrogen) atoms. The van der Waals surface area contributed by atoms with Gasteiger partial charge in [0.05, 0.1) is 11.0 Å². The molecule has 0 saturated carbocycles. The third kappa shape index (κ3) is 11.9. The standard InChI is InChI=1S/2C3H3NS.2H2N.Pt/c2*1-2-5-3-4-1;;;/h2*1-3H;2*1H2;/q;;2*-1;+4. The summed E-state index contributed by atoms with van der Waals surface area (Å²) in [4.78, 5) is 7.48. The second kappa shape index (κ2) is 14.4.